The van der Waals surface area contributed by atoms with Crippen molar-refractivity contribution in [2.75, 3.05) is 18.1 Å². The lowest BCUT2D eigenvalue weighted by Crippen LogP contribution is -2.49. The molecule has 1 aromatic rings. The maximum atomic E-state index is 13.8. The number of benzene rings is 1. The van der Waals surface area contributed by atoms with Crippen LogP contribution < -0.4 is 10.2 Å². The van der Waals surface area contributed by atoms with Crippen LogP contribution in [0.1, 0.15) is 20.8 Å². The summed E-state index contributed by atoms with van der Waals surface area (Å²) in [5, 5.41) is 21.4. The Morgan fingerprint density at radius 1 is 1.28 bits per heavy atom. The number of halogens is 3. The highest BCUT2D eigenvalue weighted by Gasteiger charge is 2.33. The van der Waals surface area contributed by atoms with E-state index in [1.54, 1.807) is 0 Å². The average Bonchev–Trinajstić information content (AvgIpc) is 2.56. The van der Waals surface area contributed by atoms with Gasteiger partial charge in [-0.25, -0.2) is 13.2 Å². The number of aliphatic hydroxyl groups is 2. The first kappa shape index (κ1) is 20.9. The van der Waals surface area contributed by atoms with Crippen LogP contribution >= 0.6 is 0 Å². The Labute approximate surface area is 143 Å². The van der Waals surface area contributed by atoms with Gasteiger partial charge in [0.1, 0.15) is 11.9 Å². The summed E-state index contributed by atoms with van der Waals surface area (Å²) in [6.07, 6.45) is -1.28. The molecule has 0 fully saturated rings. The average molecular weight is 362 g/mol. The summed E-state index contributed by atoms with van der Waals surface area (Å²) >= 11 is 0. The van der Waals surface area contributed by atoms with Crippen LogP contribution in [-0.4, -0.2) is 47.8 Å². The molecule has 2 amide bonds. The minimum atomic E-state index is -1.51. The molecule has 1 rings (SSSR count). The van der Waals surface area contributed by atoms with Crippen LogP contribution in [0.3, 0.4) is 0 Å². The SMILES string of the molecule is C[C@H](CNC(=O)[C@@H](O)C(C)(C)CO)N(C=O)c1cc(F)c(F)cc1F. The number of carbonyl (C=O) groups excluding carboxylic acids is 2. The summed E-state index contributed by atoms with van der Waals surface area (Å²) in [5.74, 6) is -4.63. The van der Waals surface area contributed by atoms with Gasteiger partial charge < -0.3 is 20.4 Å². The number of aliphatic hydroxyl groups excluding tert-OH is 2. The molecule has 0 saturated carbocycles. The predicted octanol–water partition coefficient (Wildman–Crippen LogP) is 0.951. The number of nitrogens with one attached hydrogen (secondary N) is 1. The highest BCUT2D eigenvalue weighted by molar-refractivity contribution is 5.82. The van der Waals surface area contributed by atoms with Crippen LogP contribution in [0.4, 0.5) is 18.9 Å². The molecule has 0 aliphatic rings. The number of carbonyl (C=O) groups is 2. The van der Waals surface area contributed by atoms with Crippen LogP contribution in [0, 0.1) is 22.9 Å². The summed E-state index contributed by atoms with van der Waals surface area (Å²) in [6.45, 7) is 3.79. The van der Waals surface area contributed by atoms with E-state index in [9.17, 15) is 27.9 Å². The number of amides is 2. The maximum absolute atomic E-state index is 13.8. The van der Waals surface area contributed by atoms with E-state index < -0.39 is 53.2 Å². The monoisotopic (exact) mass is 362 g/mol. The van der Waals surface area contributed by atoms with E-state index in [2.05, 4.69) is 5.32 Å². The molecule has 3 N–H and O–H groups in total. The second-order valence-corrected chi connectivity index (χ2v) is 6.37. The van der Waals surface area contributed by atoms with Crippen molar-refractivity contribution in [1.82, 2.24) is 5.32 Å². The molecule has 0 bridgehead atoms. The lowest BCUT2D eigenvalue weighted by molar-refractivity contribution is -0.137. The Morgan fingerprint density at radius 2 is 1.84 bits per heavy atom. The first-order valence-electron chi connectivity index (χ1n) is 7.50. The fourth-order valence-electron chi connectivity index (χ4n) is 1.99. The molecule has 25 heavy (non-hydrogen) atoms. The topological polar surface area (TPSA) is 89.9 Å². The van der Waals surface area contributed by atoms with Gasteiger partial charge in [0.25, 0.3) is 0 Å². The normalized spacial score (nSPS) is 13.9. The molecule has 0 spiro atoms. The third-order valence-electron chi connectivity index (χ3n) is 3.82. The number of anilines is 1. The quantitative estimate of drug-likeness (QED) is 0.475. The van der Waals surface area contributed by atoms with E-state index in [0.29, 0.717) is 12.1 Å². The zero-order valence-corrected chi connectivity index (χ0v) is 14.1. The van der Waals surface area contributed by atoms with Gasteiger partial charge in [0.15, 0.2) is 11.6 Å². The van der Waals surface area contributed by atoms with E-state index in [-0.39, 0.29) is 13.0 Å². The van der Waals surface area contributed by atoms with Gasteiger partial charge in [0.2, 0.25) is 12.3 Å². The maximum Gasteiger partial charge on any atom is 0.249 e. The molecule has 1 aromatic carbocycles. The third-order valence-corrected chi connectivity index (χ3v) is 3.82. The summed E-state index contributed by atoms with van der Waals surface area (Å²) in [7, 11) is 0. The Balaban J connectivity index is 2.84. The van der Waals surface area contributed by atoms with E-state index in [1.807, 2.05) is 0 Å². The second kappa shape index (κ2) is 8.30. The Kier molecular flexibility index (Phi) is 6.95. The molecular formula is C16H21F3N2O4. The highest BCUT2D eigenvalue weighted by Crippen LogP contribution is 2.23. The molecular weight excluding hydrogens is 341 g/mol. The van der Waals surface area contributed by atoms with Crippen molar-refractivity contribution in [3.05, 3.63) is 29.6 Å². The van der Waals surface area contributed by atoms with Gasteiger partial charge in [-0.2, -0.15) is 0 Å². The van der Waals surface area contributed by atoms with Crippen molar-refractivity contribution >= 4 is 18.0 Å². The van der Waals surface area contributed by atoms with E-state index in [1.165, 1.54) is 20.8 Å². The third kappa shape index (κ3) is 4.93. The molecule has 0 aromatic heterocycles. The van der Waals surface area contributed by atoms with Gasteiger partial charge in [0.05, 0.1) is 18.3 Å². The standard InChI is InChI=1S/C16H21F3N2O4/c1-9(6-20-15(25)14(24)16(2,3)7-22)21(8-23)13-5-11(18)10(17)4-12(13)19/h4-5,8-9,14,22,24H,6-7H2,1-3H3,(H,20,25)/t9-,14-/m1/s1. The van der Waals surface area contributed by atoms with Gasteiger partial charge in [-0.15, -0.1) is 0 Å². The lowest BCUT2D eigenvalue weighted by Gasteiger charge is -2.29. The zero-order valence-electron chi connectivity index (χ0n) is 14.1. The highest BCUT2D eigenvalue weighted by atomic mass is 19.2. The fourth-order valence-corrected chi connectivity index (χ4v) is 1.99. The van der Waals surface area contributed by atoms with Gasteiger partial charge >= 0.3 is 0 Å². The van der Waals surface area contributed by atoms with E-state index in [4.69, 9.17) is 5.11 Å². The molecule has 140 valence electrons. The number of rotatable bonds is 8. The van der Waals surface area contributed by atoms with Crippen LogP contribution in [0.25, 0.3) is 0 Å². The minimum absolute atomic E-state index is 0.186. The van der Waals surface area contributed by atoms with Crippen molar-refractivity contribution < 1.29 is 33.0 Å². The zero-order chi connectivity index (χ0) is 19.4. The summed E-state index contributed by atoms with van der Waals surface area (Å²) in [4.78, 5) is 23.9. The summed E-state index contributed by atoms with van der Waals surface area (Å²) < 4.78 is 40.1. The van der Waals surface area contributed by atoms with Crippen molar-refractivity contribution in [2.24, 2.45) is 5.41 Å². The van der Waals surface area contributed by atoms with Crippen molar-refractivity contribution in [3.63, 3.8) is 0 Å². The first-order valence-corrected chi connectivity index (χ1v) is 7.50. The van der Waals surface area contributed by atoms with Crippen LogP contribution in [0.15, 0.2) is 12.1 Å². The minimum Gasteiger partial charge on any atom is -0.396 e. The second-order valence-electron chi connectivity index (χ2n) is 6.37. The van der Waals surface area contributed by atoms with Gasteiger partial charge in [-0.3, -0.25) is 9.59 Å². The Morgan fingerprint density at radius 3 is 2.36 bits per heavy atom. The number of hydrogen-bond acceptors (Lipinski definition) is 4. The van der Waals surface area contributed by atoms with Crippen LogP contribution in [-0.2, 0) is 9.59 Å². The largest absolute Gasteiger partial charge is 0.396 e. The molecule has 0 heterocycles. The molecule has 9 heteroatoms. The van der Waals surface area contributed by atoms with Crippen molar-refractivity contribution in [3.8, 4) is 0 Å². The Bertz CT molecular complexity index is 640. The van der Waals surface area contributed by atoms with Crippen molar-refractivity contribution in [1.29, 1.82) is 0 Å². The Hall–Kier alpha value is -2.13. The van der Waals surface area contributed by atoms with E-state index >= 15 is 0 Å². The molecule has 0 aliphatic carbocycles. The van der Waals surface area contributed by atoms with Gasteiger partial charge in [0, 0.05) is 24.1 Å². The molecule has 6 nitrogen and oxygen atoms in total. The molecule has 0 saturated heterocycles. The van der Waals surface area contributed by atoms with Crippen LogP contribution in [0.2, 0.25) is 0 Å². The fraction of sp³-hybridized carbons (Fsp3) is 0.500. The summed E-state index contributed by atoms with van der Waals surface area (Å²) in [5.41, 5.74) is -1.56. The number of hydrogen-bond donors (Lipinski definition) is 3. The van der Waals surface area contributed by atoms with Gasteiger partial charge in [-0.05, 0) is 6.92 Å². The van der Waals surface area contributed by atoms with E-state index in [0.717, 1.165) is 4.90 Å². The lowest BCUT2D eigenvalue weighted by atomic mass is 9.87. The molecule has 2 atom stereocenters. The molecule has 0 radical (unpaired) electrons. The van der Waals surface area contributed by atoms with Crippen LogP contribution in [0.5, 0.6) is 0 Å². The first-order chi connectivity index (χ1) is 11.5. The molecule has 0 unspecified atom stereocenters. The van der Waals surface area contributed by atoms with Crippen molar-refractivity contribution in [2.45, 2.75) is 32.9 Å². The molecule has 0 aliphatic heterocycles. The summed E-state index contributed by atoms with van der Waals surface area (Å²) in [6, 6.07) is 0.0476. The smallest absolute Gasteiger partial charge is 0.249 e. The van der Waals surface area contributed by atoms with Gasteiger partial charge in [-0.1, -0.05) is 13.8 Å². The predicted molar refractivity (Wildman–Crippen MR) is 84.2 cm³/mol. The number of nitrogens with zero attached hydrogens (tertiary/aromatic N) is 1.